The van der Waals surface area contributed by atoms with Crippen LogP contribution in [-0.4, -0.2) is 0 Å². The van der Waals surface area contributed by atoms with Crippen molar-refractivity contribution in [1.82, 2.24) is 0 Å². The smallest absolute Gasteiger partial charge is 0.0957 e. The molecule has 0 aromatic rings. The predicted molar refractivity (Wildman–Crippen MR) is 59.8 cm³/mol. The first-order valence-electron chi connectivity index (χ1n) is 5.90. The highest BCUT2D eigenvalue weighted by atomic mass is 14.3. The third-order valence-corrected chi connectivity index (χ3v) is 2.99. The molecule has 2 nitrogen and oxygen atoms in total. The van der Waals surface area contributed by atoms with Crippen molar-refractivity contribution in [2.75, 3.05) is 0 Å². The molecular formula is C13H18N2. The van der Waals surface area contributed by atoms with Gasteiger partial charge in [-0.15, -0.1) is 0 Å². The van der Waals surface area contributed by atoms with Crippen LogP contribution >= 0.6 is 0 Å². The molecule has 0 fully saturated rings. The normalized spacial score (nSPS) is 24.7. The Bertz CT molecular complexity index is 271. The van der Waals surface area contributed by atoms with E-state index in [-0.39, 0.29) is 0 Å². The topological polar surface area (TPSA) is 47.6 Å². The first kappa shape index (κ1) is 11.8. The van der Waals surface area contributed by atoms with E-state index in [2.05, 4.69) is 12.1 Å². The van der Waals surface area contributed by atoms with Crippen LogP contribution in [0, 0.1) is 22.7 Å². The Labute approximate surface area is 92.2 Å². The molecule has 1 rings (SSSR count). The van der Waals surface area contributed by atoms with E-state index in [1.165, 1.54) is 32.1 Å². The van der Waals surface area contributed by atoms with Crippen molar-refractivity contribution in [1.29, 1.82) is 10.5 Å². The van der Waals surface area contributed by atoms with E-state index in [4.69, 9.17) is 10.5 Å². The molecule has 0 N–H and O–H groups in total. The number of allylic oxidation sites excluding steroid dienone is 2. The van der Waals surface area contributed by atoms with Crippen LogP contribution < -0.4 is 0 Å². The Morgan fingerprint density at radius 2 is 0.933 bits per heavy atom. The minimum Gasteiger partial charge on any atom is -0.193 e. The fourth-order valence-electron chi connectivity index (χ4n) is 2.04. The van der Waals surface area contributed by atoms with Gasteiger partial charge in [-0.25, -0.2) is 0 Å². The molecule has 0 atom stereocenters. The van der Waals surface area contributed by atoms with Gasteiger partial charge >= 0.3 is 0 Å². The summed E-state index contributed by atoms with van der Waals surface area (Å²) in [5, 5.41) is 18.0. The highest BCUT2D eigenvalue weighted by Crippen LogP contribution is 2.20. The standard InChI is InChI=1S/C13H18N2/c14-10-12-8-6-4-2-1-3-5-7-9-13(12)11-15/h1-9H2/b13-12-. The first-order valence-corrected chi connectivity index (χ1v) is 5.90. The van der Waals surface area contributed by atoms with Gasteiger partial charge in [0, 0.05) is 11.1 Å². The van der Waals surface area contributed by atoms with Gasteiger partial charge < -0.3 is 0 Å². The van der Waals surface area contributed by atoms with Crippen LogP contribution in [-0.2, 0) is 0 Å². The fraction of sp³-hybridized carbons (Fsp3) is 0.692. The molecule has 0 saturated heterocycles. The van der Waals surface area contributed by atoms with Crippen LogP contribution in [0.5, 0.6) is 0 Å². The van der Waals surface area contributed by atoms with Gasteiger partial charge in [0.1, 0.15) is 0 Å². The van der Waals surface area contributed by atoms with Crippen molar-refractivity contribution in [3.05, 3.63) is 11.1 Å². The molecule has 15 heavy (non-hydrogen) atoms. The van der Waals surface area contributed by atoms with Crippen LogP contribution in [0.25, 0.3) is 0 Å². The molecule has 0 amide bonds. The predicted octanol–water partition coefficient (Wildman–Crippen LogP) is 3.85. The van der Waals surface area contributed by atoms with E-state index in [9.17, 15) is 0 Å². The average molecular weight is 202 g/mol. The minimum absolute atomic E-state index is 0.736. The maximum atomic E-state index is 8.98. The van der Waals surface area contributed by atoms with Gasteiger partial charge in [0.05, 0.1) is 12.1 Å². The molecule has 0 saturated carbocycles. The average Bonchev–Trinajstić information content (AvgIpc) is 2.32. The van der Waals surface area contributed by atoms with Crippen molar-refractivity contribution in [2.45, 2.75) is 57.8 Å². The molecule has 0 unspecified atom stereocenters. The molecule has 1 aliphatic carbocycles. The Morgan fingerprint density at radius 1 is 0.600 bits per heavy atom. The summed E-state index contributed by atoms with van der Waals surface area (Å²) >= 11 is 0. The van der Waals surface area contributed by atoms with Crippen LogP contribution in [0.2, 0.25) is 0 Å². The summed E-state index contributed by atoms with van der Waals surface area (Å²) in [7, 11) is 0. The van der Waals surface area contributed by atoms with Gasteiger partial charge in [-0.2, -0.15) is 10.5 Å². The van der Waals surface area contributed by atoms with Gasteiger partial charge in [-0.1, -0.05) is 32.1 Å². The maximum Gasteiger partial charge on any atom is 0.0957 e. The van der Waals surface area contributed by atoms with Gasteiger partial charge in [-0.05, 0) is 25.7 Å². The van der Waals surface area contributed by atoms with E-state index in [0.717, 1.165) is 36.8 Å². The molecule has 0 aromatic heterocycles. The van der Waals surface area contributed by atoms with Gasteiger partial charge in [0.25, 0.3) is 0 Å². The van der Waals surface area contributed by atoms with Crippen LogP contribution in [0.3, 0.4) is 0 Å². The number of nitrogens with zero attached hydrogens (tertiary/aromatic N) is 2. The maximum absolute atomic E-state index is 8.98. The van der Waals surface area contributed by atoms with Gasteiger partial charge in [0.15, 0.2) is 0 Å². The molecule has 0 radical (unpaired) electrons. The Balaban J connectivity index is 2.67. The van der Waals surface area contributed by atoms with E-state index in [1.54, 1.807) is 0 Å². The summed E-state index contributed by atoms with van der Waals surface area (Å²) in [6.07, 6.45) is 10.00. The number of nitriles is 2. The number of hydrogen-bond donors (Lipinski definition) is 0. The SMILES string of the molecule is N#C/C1=C(\C#N)CCCCCCCCC1. The first-order chi connectivity index (χ1) is 7.38. The van der Waals surface area contributed by atoms with E-state index >= 15 is 0 Å². The summed E-state index contributed by atoms with van der Waals surface area (Å²) in [5.74, 6) is 0. The fourth-order valence-corrected chi connectivity index (χ4v) is 2.04. The van der Waals surface area contributed by atoms with Crippen LogP contribution in [0.15, 0.2) is 11.1 Å². The molecule has 0 heterocycles. The highest BCUT2D eigenvalue weighted by Gasteiger charge is 2.07. The minimum atomic E-state index is 0.736. The third-order valence-electron chi connectivity index (χ3n) is 2.99. The Kier molecular flexibility index (Phi) is 5.56. The second-order valence-electron chi connectivity index (χ2n) is 4.16. The van der Waals surface area contributed by atoms with Gasteiger partial charge in [-0.3, -0.25) is 0 Å². The summed E-state index contributed by atoms with van der Waals surface area (Å²) < 4.78 is 0. The molecule has 80 valence electrons. The van der Waals surface area contributed by atoms with Crippen molar-refractivity contribution >= 4 is 0 Å². The van der Waals surface area contributed by atoms with Crippen molar-refractivity contribution in [3.63, 3.8) is 0 Å². The van der Waals surface area contributed by atoms with Crippen molar-refractivity contribution < 1.29 is 0 Å². The summed E-state index contributed by atoms with van der Waals surface area (Å²) in [5.41, 5.74) is 1.47. The lowest BCUT2D eigenvalue weighted by Gasteiger charge is -2.01. The zero-order chi connectivity index (χ0) is 10.9. The second kappa shape index (κ2) is 7.07. The molecule has 0 spiro atoms. The molecule has 0 aliphatic heterocycles. The molecular weight excluding hydrogens is 184 g/mol. The summed E-state index contributed by atoms with van der Waals surface area (Å²) in [4.78, 5) is 0. The quantitative estimate of drug-likeness (QED) is 0.599. The molecule has 0 bridgehead atoms. The highest BCUT2D eigenvalue weighted by molar-refractivity contribution is 5.36. The lowest BCUT2D eigenvalue weighted by molar-refractivity contribution is 0.587. The monoisotopic (exact) mass is 202 g/mol. The van der Waals surface area contributed by atoms with E-state index < -0.39 is 0 Å². The Morgan fingerprint density at radius 3 is 1.27 bits per heavy atom. The largest absolute Gasteiger partial charge is 0.193 e. The van der Waals surface area contributed by atoms with Crippen molar-refractivity contribution in [3.8, 4) is 12.1 Å². The lowest BCUT2D eigenvalue weighted by atomic mass is 10.0. The molecule has 1 aliphatic rings. The summed E-state index contributed by atoms with van der Waals surface area (Å²) in [6.45, 7) is 0. The van der Waals surface area contributed by atoms with E-state index in [1.807, 2.05) is 0 Å². The second-order valence-corrected chi connectivity index (χ2v) is 4.16. The van der Waals surface area contributed by atoms with Gasteiger partial charge in [0.2, 0.25) is 0 Å². The zero-order valence-electron chi connectivity index (χ0n) is 9.26. The van der Waals surface area contributed by atoms with Crippen LogP contribution in [0.1, 0.15) is 57.8 Å². The number of hydrogen-bond acceptors (Lipinski definition) is 2. The lowest BCUT2D eigenvalue weighted by Crippen LogP contribution is -1.89. The third kappa shape index (κ3) is 4.17. The molecule has 2 heteroatoms. The van der Waals surface area contributed by atoms with Crippen molar-refractivity contribution in [2.24, 2.45) is 0 Å². The molecule has 0 aromatic carbocycles. The summed E-state index contributed by atoms with van der Waals surface area (Å²) in [6, 6.07) is 4.40. The zero-order valence-corrected chi connectivity index (χ0v) is 9.26. The Hall–Kier alpha value is -1.28. The number of rotatable bonds is 0. The van der Waals surface area contributed by atoms with E-state index in [0.29, 0.717) is 0 Å². The van der Waals surface area contributed by atoms with Crippen LogP contribution in [0.4, 0.5) is 0 Å².